The first-order valence-corrected chi connectivity index (χ1v) is 6.92. The maximum atomic E-state index is 11.7. The van der Waals surface area contributed by atoms with Crippen LogP contribution in [0.5, 0.6) is 11.5 Å². The van der Waals surface area contributed by atoms with Crippen molar-refractivity contribution in [1.29, 1.82) is 0 Å². The lowest BCUT2D eigenvalue weighted by atomic mass is 10.2. The van der Waals surface area contributed by atoms with Gasteiger partial charge in [-0.05, 0) is 35.9 Å². The Morgan fingerprint density at radius 1 is 1.21 bits per heavy atom. The molecule has 1 heterocycles. The molecule has 2 aromatic rings. The molecule has 1 aromatic carbocycles. The van der Waals surface area contributed by atoms with Crippen molar-refractivity contribution in [2.24, 2.45) is 0 Å². The van der Waals surface area contributed by atoms with E-state index < -0.39 is 11.9 Å². The zero-order valence-corrected chi connectivity index (χ0v) is 13.1. The molecule has 1 N–H and O–H groups in total. The highest BCUT2D eigenvalue weighted by molar-refractivity contribution is 5.87. The molecule has 0 bridgehead atoms. The summed E-state index contributed by atoms with van der Waals surface area (Å²) in [4.78, 5) is 22.9. The van der Waals surface area contributed by atoms with Gasteiger partial charge in [-0.25, -0.2) is 9.59 Å². The lowest BCUT2D eigenvalue weighted by Gasteiger charge is -2.03. The lowest BCUT2D eigenvalue weighted by Crippen LogP contribution is -2.01. The van der Waals surface area contributed by atoms with Gasteiger partial charge in [0.15, 0.2) is 11.5 Å². The van der Waals surface area contributed by atoms with E-state index in [-0.39, 0.29) is 18.1 Å². The monoisotopic (exact) mass is 332 g/mol. The van der Waals surface area contributed by atoms with E-state index in [2.05, 4.69) is 4.74 Å². The third-order valence-corrected chi connectivity index (χ3v) is 3.02. The van der Waals surface area contributed by atoms with Crippen molar-refractivity contribution in [1.82, 2.24) is 0 Å². The van der Waals surface area contributed by atoms with Crippen LogP contribution >= 0.6 is 0 Å². The number of methoxy groups -OCH3 is 2. The summed E-state index contributed by atoms with van der Waals surface area (Å²) in [7, 11) is 2.68. The number of phenolic OH excluding ortho intramolecular Hbond substituents is 1. The van der Waals surface area contributed by atoms with Crippen molar-refractivity contribution in [2.45, 2.75) is 6.61 Å². The van der Waals surface area contributed by atoms with Gasteiger partial charge in [-0.2, -0.15) is 0 Å². The van der Waals surface area contributed by atoms with Crippen LogP contribution in [0.3, 0.4) is 0 Å². The molecule has 7 heteroatoms. The lowest BCUT2D eigenvalue weighted by molar-refractivity contribution is -0.139. The summed E-state index contributed by atoms with van der Waals surface area (Å²) in [6.45, 7) is -0.112. The maximum absolute atomic E-state index is 11.7. The number of carbonyl (C=O) groups is 2. The molecule has 0 saturated heterocycles. The van der Waals surface area contributed by atoms with E-state index >= 15 is 0 Å². The number of benzene rings is 1. The number of ether oxygens (including phenoxy) is 3. The number of furan rings is 1. The van der Waals surface area contributed by atoms with E-state index in [1.807, 2.05) is 0 Å². The van der Waals surface area contributed by atoms with Crippen molar-refractivity contribution in [3.63, 3.8) is 0 Å². The van der Waals surface area contributed by atoms with Crippen LogP contribution in [0.4, 0.5) is 0 Å². The Hall–Kier alpha value is -3.22. The molecule has 0 fully saturated rings. The van der Waals surface area contributed by atoms with E-state index in [4.69, 9.17) is 13.9 Å². The van der Waals surface area contributed by atoms with Crippen molar-refractivity contribution < 1.29 is 33.3 Å². The fourth-order valence-corrected chi connectivity index (χ4v) is 1.82. The van der Waals surface area contributed by atoms with E-state index in [0.717, 1.165) is 0 Å². The minimum absolute atomic E-state index is 0.0106. The summed E-state index contributed by atoms with van der Waals surface area (Å²) in [5.74, 6) is -0.515. The second kappa shape index (κ2) is 7.87. The molecular weight excluding hydrogens is 316 g/mol. The fraction of sp³-hybridized carbons (Fsp3) is 0.176. The van der Waals surface area contributed by atoms with Gasteiger partial charge in [0.1, 0.15) is 12.4 Å². The Labute approximate surface area is 138 Å². The Balaban J connectivity index is 1.91. The largest absolute Gasteiger partial charge is 0.504 e. The SMILES string of the molecule is COC(=O)c1ccc(COC(=O)/C=C/c2ccc(O)c(OC)c2)o1. The molecule has 0 saturated carbocycles. The summed E-state index contributed by atoms with van der Waals surface area (Å²) in [5, 5.41) is 9.50. The minimum atomic E-state index is -0.603. The topological polar surface area (TPSA) is 95.2 Å². The van der Waals surface area contributed by atoms with Crippen LogP contribution in [0.1, 0.15) is 21.9 Å². The van der Waals surface area contributed by atoms with Gasteiger partial charge in [-0.15, -0.1) is 0 Å². The first-order chi connectivity index (χ1) is 11.5. The van der Waals surface area contributed by atoms with Crippen LogP contribution in [0.15, 0.2) is 40.8 Å². The Kier molecular flexibility index (Phi) is 5.62. The molecule has 0 aliphatic rings. The summed E-state index contributed by atoms with van der Waals surface area (Å²) in [5.41, 5.74) is 0.660. The third kappa shape index (κ3) is 4.39. The molecule has 0 atom stereocenters. The van der Waals surface area contributed by atoms with Crippen LogP contribution < -0.4 is 4.74 Å². The molecule has 126 valence electrons. The smallest absolute Gasteiger partial charge is 0.373 e. The predicted molar refractivity (Wildman–Crippen MR) is 83.5 cm³/mol. The second-order valence-corrected chi connectivity index (χ2v) is 4.63. The summed E-state index contributed by atoms with van der Waals surface area (Å²) in [6.07, 6.45) is 2.75. The van der Waals surface area contributed by atoms with Gasteiger partial charge in [-0.1, -0.05) is 6.07 Å². The molecule has 0 amide bonds. The fourth-order valence-electron chi connectivity index (χ4n) is 1.82. The average Bonchev–Trinajstić information content (AvgIpc) is 3.07. The van der Waals surface area contributed by atoms with E-state index in [9.17, 15) is 14.7 Å². The van der Waals surface area contributed by atoms with Crippen molar-refractivity contribution >= 4 is 18.0 Å². The highest BCUT2D eigenvalue weighted by Gasteiger charge is 2.11. The summed E-state index contributed by atoms with van der Waals surface area (Å²) < 4.78 is 19.7. The van der Waals surface area contributed by atoms with Crippen molar-refractivity contribution in [3.8, 4) is 11.5 Å². The Morgan fingerprint density at radius 3 is 2.71 bits per heavy atom. The normalized spacial score (nSPS) is 10.6. The number of carbonyl (C=O) groups excluding carboxylic acids is 2. The summed E-state index contributed by atoms with van der Waals surface area (Å²) >= 11 is 0. The molecule has 24 heavy (non-hydrogen) atoms. The van der Waals surface area contributed by atoms with Gasteiger partial charge in [0.2, 0.25) is 5.76 Å². The first-order valence-electron chi connectivity index (χ1n) is 6.92. The highest BCUT2D eigenvalue weighted by Crippen LogP contribution is 2.26. The number of rotatable bonds is 6. The van der Waals surface area contributed by atoms with Crippen molar-refractivity contribution in [2.75, 3.05) is 14.2 Å². The van der Waals surface area contributed by atoms with Gasteiger partial charge in [-0.3, -0.25) is 0 Å². The molecule has 0 spiro atoms. The molecule has 1 aromatic heterocycles. The number of aromatic hydroxyl groups is 1. The Bertz CT molecular complexity index is 758. The van der Waals surface area contributed by atoms with Gasteiger partial charge in [0.05, 0.1) is 14.2 Å². The van der Waals surface area contributed by atoms with E-state index in [1.165, 1.54) is 44.6 Å². The van der Waals surface area contributed by atoms with Crippen LogP contribution in [0, 0.1) is 0 Å². The van der Waals surface area contributed by atoms with Crippen LogP contribution in [0.2, 0.25) is 0 Å². The first kappa shape index (κ1) is 17.1. The molecule has 0 unspecified atom stereocenters. The zero-order chi connectivity index (χ0) is 17.5. The van der Waals surface area contributed by atoms with E-state index in [1.54, 1.807) is 12.1 Å². The standard InChI is InChI=1S/C17H16O7/c1-21-15-9-11(3-6-13(15)18)4-8-16(19)23-10-12-5-7-14(24-12)17(20)22-2/h3-9,18H,10H2,1-2H3/b8-4+. The van der Waals surface area contributed by atoms with Crippen LogP contribution in [-0.2, 0) is 20.9 Å². The minimum Gasteiger partial charge on any atom is -0.504 e. The molecule has 0 aliphatic carbocycles. The number of hydrogen-bond donors (Lipinski definition) is 1. The van der Waals surface area contributed by atoms with Gasteiger partial charge in [0.25, 0.3) is 0 Å². The summed E-state index contributed by atoms with van der Waals surface area (Å²) in [6, 6.07) is 7.62. The quantitative estimate of drug-likeness (QED) is 0.641. The average molecular weight is 332 g/mol. The number of esters is 2. The number of phenols is 1. The number of hydrogen-bond acceptors (Lipinski definition) is 7. The molecule has 0 aliphatic heterocycles. The van der Waals surface area contributed by atoms with Gasteiger partial charge < -0.3 is 23.7 Å². The van der Waals surface area contributed by atoms with Crippen molar-refractivity contribution in [3.05, 3.63) is 53.5 Å². The van der Waals surface area contributed by atoms with E-state index in [0.29, 0.717) is 17.1 Å². The van der Waals surface area contributed by atoms with Gasteiger partial charge >= 0.3 is 11.9 Å². The Morgan fingerprint density at radius 2 is 2.00 bits per heavy atom. The van der Waals surface area contributed by atoms with Crippen LogP contribution in [0.25, 0.3) is 6.08 Å². The molecular formula is C17H16O7. The third-order valence-electron chi connectivity index (χ3n) is 3.02. The molecule has 7 nitrogen and oxygen atoms in total. The maximum Gasteiger partial charge on any atom is 0.373 e. The second-order valence-electron chi connectivity index (χ2n) is 4.63. The molecule has 2 rings (SSSR count). The highest BCUT2D eigenvalue weighted by atomic mass is 16.5. The van der Waals surface area contributed by atoms with Gasteiger partial charge in [0, 0.05) is 6.08 Å². The zero-order valence-electron chi connectivity index (χ0n) is 13.1. The van der Waals surface area contributed by atoms with Crippen LogP contribution in [-0.4, -0.2) is 31.3 Å². The molecule has 0 radical (unpaired) electrons. The predicted octanol–water partition coefficient (Wildman–Crippen LogP) is 2.54.